The zero-order valence-corrected chi connectivity index (χ0v) is 18.1. The molecule has 0 aromatic heterocycles. The molecule has 0 saturated heterocycles. The first-order valence-electron chi connectivity index (χ1n) is 8.79. The first-order valence-corrected chi connectivity index (χ1v) is 10.2. The lowest BCUT2D eigenvalue weighted by atomic mass is 10.1. The molecule has 0 radical (unpaired) electrons. The Kier molecular flexibility index (Phi) is 8.25. The number of ether oxygens (including phenoxy) is 3. The van der Waals surface area contributed by atoms with Gasteiger partial charge in [-0.3, -0.25) is 4.79 Å². The van der Waals surface area contributed by atoms with Crippen LogP contribution in [0.5, 0.6) is 5.75 Å². The Hall–Kier alpha value is -1.64. The molecule has 0 saturated carbocycles. The van der Waals surface area contributed by atoms with Gasteiger partial charge in [-0.15, -0.1) is 0 Å². The predicted molar refractivity (Wildman–Crippen MR) is 104 cm³/mol. The average Bonchev–Trinajstić information content (AvgIpc) is 2.51. The highest BCUT2D eigenvalue weighted by Gasteiger charge is 2.25. The highest BCUT2D eigenvalue weighted by atomic mass is 32.2. The third-order valence-electron chi connectivity index (χ3n) is 3.76. The first kappa shape index (κ1) is 23.4. The van der Waals surface area contributed by atoms with Crippen LogP contribution in [0.1, 0.15) is 38.3 Å². The maximum absolute atomic E-state index is 12.9. The van der Waals surface area contributed by atoms with Gasteiger partial charge in [0.1, 0.15) is 11.4 Å². The van der Waals surface area contributed by atoms with Crippen LogP contribution >= 0.6 is 0 Å². The van der Waals surface area contributed by atoms with E-state index in [9.17, 15) is 13.2 Å². The van der Waals surface area contributed by atoms with Gasteiger partial charge in [0.2, 0.25) is 10.0 Å². The number of esters is 1. The number of likely N-dealkylation sites (N-methyl/N-ethyl adjacent to an activating group) is 1. The fraction of sp³-hybridized carbons (Fsp3) is 0.632. The van der Waals surface area contributed by atoms with Gasteiger partial charge in [-0.25, -0.2) is 8.42 Å². The summed E-state index contributed by atoms with van der Waals surface area (Å²) >= 11 is 0. The molecule has 0 bridgehead atoms. The molecule has 7 nitrogen and oxygen atoms in total. The molecule has 0 aliphatic heterocycles. The standard InChI is InChI=1S/C19H31NO6S/c1-14-12-16(24-7)13-15(2)18(14)27(22,23)20(6)9-11-25-10-8-17(21)26-19(3,4)5/h12-13H,8-11H2,1-7H3. The van der Waals surface area contributed by atoms with Gasteiger partial charge in [0.05, 0.1) is 31.6 Å². The van der Waals surface area contributed by atoms with E-state index in [0.717, 1.165) is 0 Å². The summed E-state index contributed by atoms with van der Waals surface area (Å²) in [4.78, 5) is 11.9. The second-order valence-electron chi connectivity index (χ2n) is 7.37. The van der Waals surface area contributed by atoms with Crippen LogP contribution in [-0.4, -0.2) is 58.2 Å². The lowest BCUT2D eigenvalue weighted by Crippen LogP contribution is -2.31. The Morgan fingerprint density at radius 1 is 1.11 bits per heavy atom. The highest BCUT2D eigenvalue weighted by molar-refractivity contribution is 7.89. The van der Waals surface area contributed by atoms with Crippen molar-refractivity contribution in [3.63, 3.8) is 0 Å². The van der Waals surface area contributed by atoms with E-state index in [0.29, 0.717) is 16.9 Å². The van der Waals surface area contributed by atoms with Crippen LogP contribution in [0.15, 0.2) is 17.0 Å². The summed E-state index contributed by atoms with van der Waals surface area (Å²) in [5, 5.41) is 0. The van der Waals surface area contributed by atoms with Gasteiger partial charge in [-0.2, -0.15) is 4.31 Å². The number of sulfonamides is 1. The molecule has 0 atom stereocenters. The smallest absolute Gasteiger partial charge is 0.308 e. The van der Waals surface area contributed by atoms with Crippen molar-refractivity contribution in [2.24, 2.45) is 0 Å². The molecule has 0 spiro atoms. The summed E-state index contributed by atoms with van der Waals surface area (Å²) in [6.45, 7) is 9.44. The second kappa shape index (κ2) is 9.52. The summed E-state index contributed by atoms with van der Waals surface area (Å²) in [5.41, 5.74) is 0.730. The Morgan fingerprint density at radius 2 is 1.67 bits per heavy atom. The van der Waals surface area contributed by atoms with E-state index in [1.807, 2.05) is 0 Å². The van der Waals surface area contributed by atoms with E-state index in [1.165, 1.54) is 11.4 Å². The van der Waals surface area contributed by atoms with E-state index in [4.69, 9.17) is 14.2 Å². The Balaban J connectivity index is 2.60. The molecule has 0 amide bonds. The van der Waals surface area contributed by atoms with Crippen LogP contribution in [0.2, 0.25) is 0 Å². The topological polar surface area (TPSA) is 82.1 Å². The lowest BCUT2D eigenvalue weighted by Gasteiger charge is -2.21. The molecule has 1 aromatic carbocycles. The number of hydrogen-bond donors (Lipinski definition) is 0. The van der Waals surface area contributed by atoms with Crippen molar-refractivity contribution in [1.82, 2.24) is 4.31 Å². The molecule has 8 heteroatoms. The van der Waals surface area contributed by atoms with E-state index < -0.39 is 15.6 Å². The van der Waals surface area contributed by atoms with E-state index in [-0.39, 0.29) is 37.0 Å². The monoisotopic (exact) mass is 401 g/mol. The molecule has 1 rings (SSSR count). The number of aryl methyl sites for hydroxylation is 2. The fourth-order valence-corrected chi connectivity index (χ4v) is 4.11. The van der Waals surface area contributed by atoms with Crippen molar-refractivity contribution in [1.29, 1.82) is 0 Å². The molecule has 1 aromatic rings. The highest BCUT2D eigenvalue weighted by Crippen LogP contribution is 2.27. The minimum absolute atomic E-state index is 0.129. The number of rotatable bonds is 9. The van der Waals surface area contributed by atoms with E-state index in [2.05, 4.69) is 0 Å². The van der Waals surface area contributed by atoms with Gasteiger partial charge >= 0.3 is 5.97 Å². The number of hydrogen-bond acceptors (Lipinski definition) is 6. The van der Waals surface area contributed by atoms with Gasteiger partial charge in [-0.1, -0.05) is 0 Å². The van der Waals surface area contributed by atoms with Crippen LogP contribution in [0.4, 0.5) is 0 Å². The molecule has 0 aliphatic rings. The van der Waals surface area contributed by atoms with Crippen molar-refractivity contribution < 1.29 is 27.4 Å². The average molecular weight is 402 g/mol. The van der Waals surface area contributed by atoms with E-state index in [1.54, 1.807) is 53.9 Å². The van der Waals surface area contributed by atoms with Crippen molar-refractivity contribution in [3.05, 3.63) is 23.3 Å². The summed E-state index contributed by atoms with van der Waals surface area (Å²) in [6.07, 6.45) is 0.129. The fourth-order valence-electron chi connectivity index (χ4n) is 2.55. The van der Waals surface area contributed by atoms with Gasteiger partial charge < -0.3 is 14.2 Å². The third-order valence-corrected chi connectivity index (χ3v) is 5.92. The van der Waals surface area contributed by atoms with E-state index >= 15 is 0 Å². The minimum atomic E-state index is -3.65. The molecule has 0 heterocycles. The van der Waals surface area contributed by atoms with Crippen molar-refractivity contribution >= 4 is 16.0 Å². The molecular weight excluding hydrogens is 370 g/mol. The maximum atomic E-state index is 12.9. The lowest BCUT2D eigenvalue weighted by molar-refractivity contribution is -0.156. The van der Waals surface area contributed by atoms with Crippen LogP contribution in [0.3, 0.4) is 0 Å². The molecule has 27 heavy (non-hydrogen) atoms. The van der Waals surface area contributed by atoms with Gasteiger partial charge in [0.15, 0.2) is 0 Å². The van der Waals surface area contributed by atoms with Crippen molar-refractivity contribution in [2.75, 3.05) is 33.9 Å². The molecule has 154 valence electrons. The summed E-state index contributed by atoms with van der Waals surface area (Å²) < 4.78 is 42.7. The number of nitrogens with zero attached hydrogens (tertiary/aromatic N) is 1. The molecule has 0 N–H and O–H groups in total. The summed E-state index contributed by atoms with van der Waals surface area (Å²) in [5.74, 6) is 0.282. The molecule has 0 aliphatic carbocycles. The normalized spacial score (nSPS) is 12.3. The number of carbonyl (C=O) groups is 1. The Morgan fingerprint density at radius 3 is 2.15 bits per heavy atom. The SMILES string of the molecule is COc1cc(C)c(S(=O)(=O)N(C)CCOCCC(=O)OC(C)(C)C)c(C)c1. The zero-order valence-electron chi connectivity index (χ0n) is 17.3. The molecule has 0 unspecified atom stereocenters. The quantitative estimate of drug-likeness (QED) is 0.467. The third kappa shape index (κ3) is 7.12. The van der Waals surface area contributed by atoms with Crippen LogP contribution in [0.25, 0.3) is 0 Å². The number of methoxy groups -OCH3 is 1. The van der Waals surface area contributed by atoms with Crippen LogP contribution in [-0.2, 0) is 24.3 Å². The van der Waals surface area contributed by atoms with Crippen LogP contribution < -0.4 is 4.74 Å². The molecule has 0 fully saturated rings. The predicted octanol–water partition coefficient (Wildman–Crippen LogP) is 2.68. The summed E-state index contributed by atoms with van der Waals surface area (Å²) in [7, 11) is -0.592. The minimum Gasteiger partial charge on any atom is -0.497 e. The van der Waals surface area contributed by atoms with Crippen molar-refractivity contribution in [2.45, 2.75) is 51.5 Å². The Bertz CT molecular complexity index is 729. The van der Waals surface area contributed by atoms with Gasteiger partial charge in [0.25, 0.3) is 0 Å². The van der Waals surface area contributed by atoms with Gasteiger partial charge in [0, 0.05) is 13.6 Å². The first-order chi connectivity index (χ1) is 12.4. The van der Waals surface area contributed by atoms with Gasteiger partial charge in [-0.05, 0) is 57.9 Å². The molecular formula is C19H31NO6S. The van der Waals surface area contributed by atoms with Crippen LogP contribution in [0, 0.1) is 13.8 Å². The Labute approximate surface area is 162 Å². The maximum Gasteiger partial charge on any atom is 0.308 e. The largest absolute Gasteiger partial charge is 0.497 e. The van der Waals surface area contributed by atoms with Crippen molar-refractivity contribution in [3.8, 4) is 5.75 Å². The zero-order chi connectivity index (χ0) is 20.8. The summed E-state index contributed by atoms with van der Waals surface area (Å²) in [6, 6.07) is 3.40. The number of carbonyl (C=O) groups excluding carboxylic acids is 1. The second-order valence-corrected chi connectivity index (χ2v) is 9.35. The number of benzene rings is 1.